The predicted molar refractivity (Wildman–Crippen MR) is 106 cm³/mol. The lowest BCUT2D eigenvalue weighted by molar-refractivity contribution is -0.117. The van der Waals surface area contributed by atoms with Gasteiger partial charge in [-0.3, -0.25) is 4.79 Å². The Balaban J connectivity index is 2.08. The SMILES string of the molecule is COc1ccc(/C=C/C(=O)NC(C)c2cc(C)c(C)cc2C)cc1OC. The molecule has 1 atom stereocenters. The van der Waals surface area contributed by atoms with E-state index in [1.165, 1.54) is 22.8 Å². The molecule has 0 radical (unpaired) electrons. The van der Waals surface area contributed by atoms with Crippen molar-refractivity contribution in [2.75, 3.05) is 14.2 Å². The van der Waals surface area contributed by atoms with Gasteiger partial charge in [0.15, 0.2) is 11.5 Å². The number of ether oxygens (including phenoxy) is 2. The predicted octanol–water partition coefficient (Wildman–Crippen LogP) is 4.52. The van der Waals surface area contributed by atoms with Gasteiger partial charge in [-0.25, -0.2) is 0 Å². The quantitative estimate of drug-likeness (QED) is 0.777. The molecule has 0 saturated carbocycles. The van der Waals surface area contributed by atoms with E-state index in [9.17, 15) is 4.79 Å². The summed E-state index contributed by atoms with van der Waals surface area (Å²) in [5.41, 5.74) is 5.68. The van der Waals surface area contributed by atoms with Gasteiger partial charge in [0, 0.05) is 6.08 Å². The van der Waals surface area contributed by atoms with Gasteiger partial charge in [-0.15, -0.1) is 0 Å². The first-order valence-corrected chi connectivity index (χ1v) is 8.64. The lowest BCUT2D eigenvalue weighted by Gasteiger charge is -2.17. The molecule has 2 aromatic rings. The number of carbonyl (C=O) groups is 1. The number of aryl methyl sites for hydroxylation is 3. The zero-order valence-corrected chi connectivity index (χ0v) is 16.3. The van der Waals surface area contributed by atoms with Crippen LogP contribution in [0.3, 0.4) is 0 Å². The Kier molecular flexibility index (Phi) is 6.45. The van der Waals surface area contributed by atoms with Gasteiger partial charge in [0.2, 0.25) is 5.91 Å². The third kappa shape index (κ3) is 4.66. The summed E-state index contributed by atoms with van der Waals surface area (Å²) in [6, 6.07) is 9.77. The Morgan fingerprint density at radius 3 is 2.27 bits per heavy atom. The van der Waals surface area contributed by atoms with Crippen molar-refractivity contribution in [1.82, 2.24) is 5.32 Å². The maximum absolute atomic E-state index is 12.3. The van der Waals surface area contributed by atoms with Gasteiger partial charge in [0.1, 0.15) is 0 Å². The summed E-state index contributed by atoms with van der Waals surface area (Å²) in [5.74, 6) is 1.16. The van der Waals surface area contributed by atoms with Crippen molar-refractivity contribution >= 4 is 12.0 Å². The Morgan fingerprint density at radius 1 is 0.962 bits per heavy atom. The summed E-state index contributed by atoms with van der Waals surface area (Å²) in [7, 11) is 3.18. The number of methoxy groups -OCH3 is 2. The van der Waals surface area contributed by atoms with Gasteiger partial charge in [-0.05, 0) is 73.7 Å². The molecule has 1 amide bonds. The van der Waals surface area contributed by atoms with Gasteiger partial charge in [-0.2, -0.15) is 0 Å². The van der Waals surface area contributed by atoms with E-state index in [1.54, 1.807) is 20.3 Å². The highest BCUT2D eigenvalue weighted by Gasteiger charge is 2.11. The molecule has 0 spiro atoms. The maximum Gasteiger partial charge on any atom is 0.244 e. The molecule has 0 bridgehead atoms. The van der Waals surface area contributed by atoms with E-state index < -0.39 is 0 Å². The zero-order chi connectivity index (χ0) is 19.3. The number of amides is 1. The summed E-state index contributed by atoms with van der Waals surface area (Å²) in [4.78, 5) is 12.3. The second-order valence-electron chi connectivity index (χ2n) is 6.47. The van der Waals surface area contributed by atoms with E-state index in [0.29, 0.717) is 11.5 Å². The molecular formula is C22H27NO3. The number of nitrogens with one attached hydrogen (secondary N) is 1. The highest BCUT2D eigenvalue weighted by atomic mass is 16.5. The normalized spacial score (nSPS) is 12.1. The van der Waals surface area contributed by atoms with E-state index in [2.05, 4.69) is 38.2 Å². The summed E-state index contributed by atoms with van der Waals surface area (Å²) in [5, 5.41) is 3.02. The molecule has 0 fully saturated rings. The highest BCUT2D eigenvalue weighted by molar-refractivity contribution is 5.92. The summed E-state index contributed by atoms with van der Waals surface area (Å²) >= 11 is 0. The largest absolute Gasteiger partial charge is 0.493 e. The van der Waals surface area contributed by atoms with E-state index in [0.717, 1.165) is 11.1 Å². The molecular weight excluding hydrogens is 326 g/mol. The standard InChI is InChI=1S/C22H27NO3/c1-14-11-16(3)19(12-15(14)2)17(4)23-22(24)10-8-18-7-9-20(25-5)21(13-18)26-6/h7-13,17H,1-6H3,(H,23,24)/b10-8+. The Bertz CT molecular complexity index is 824. The van der Waals surface area contributed by atoms with Crippen LogP contribution in [-0.2, 0) is 4.79 Å². The maximum atomic E-state index is 12.3. The van der Waals surface area contributed by atoms with Crippen LogP contribution in [0, 0.1) is 20.8 Å². The van der Waals surface area contributed by atoms with Crippen molar-refractivity contribution in [3.63, 3.8) is 0 Å². The second-order valence-corrected chi connectivity index (χ2v) is 6.47. The van der Waals surface area contributed by atoms with Crippen LogP contribution in [0.25, 0.3) is 6.08 Å². The van der Waals surface area contributed by atoms with Crippen molar-refractivity contribution in [2.45, 2.75) is 33.7 Å². The van der Waals surface area contributed by atoms with Crippen LogP contribution in [0.1, 0.15) is 40.8 Å². The van der Waals surface area contributed by atoms with Crippen molar-refractivity contribution in [3.8, 4) is 11.5 Å². The average molecular weight is 353 g/mol. The number of hydrogen-bond donors (Lipinski definition) is 1. The van der Waals surface area contributed by atoms with Crippen molar-refractivity contribution in [3.05, 3.63) is 64.2 Å². The van der Waals surface area contributed by atoms with Gasteiger partial charge in [0.05, 0.1) is 20.3 Å². The van der Waals surface area contributed by atoms with E-state index in [4.69, 9.17) is 9.47 Å². The number of benzene rings is 2. The smallest absolute Gasteiger partial charge is 0.244 e. The molecule has 26 heavy (non-hydrogen) atoms. The topological polar surface area (TPSA) is 47.6 Å². The van der Waals surface area contributed by atoms with E-state index >= 15 is 0 Å². The lowest BCUT2D eigenvalue weighted by Crippen LogP contribution is -2.25. The third-order valence-electron chi connectivity index (χ3n) is 4.54. The summed E-state index contributed by atoms with van der Waals surface area (Å²) in [6.07, 6.45) is 3.30. The minimum absolute atomic E-state index is 0.0585. The first-order chi connectivity index (χ1) is 12.3. The van der Waals surface area contributed by atoms with Crippen LogP contribution in [0.2, 0.25) is 0 Å². The van der Waals surface area contributed by atoms with Crippen LogP contribution in [0.4, 0.5) is 0 Å². The molecule has 2 rings (SSSR count). The minimum atomic E-state index is -0.134. The fourth-order valence-electron chi connectivity index (χ4n) is 2.92. The minimum Gasteiger partial charge on any atom is -0.493 e. The molecule has 0 aliphatic carbocycles. The van der Waals surface area contributed by atoms with Crippen molar-refractivity contribution in [1.29, 1.82) is 0 Å². The van der Waals surface area contributed by atoms with Crippen molar-refractivity contribution < 1.29 is 14.3 Å². The number of rotatable bonds is 6. The molecule has 1 N–H and O–H groups in total. The molecule has 1 unspecified atom stereocenters. The second kappa shape index (κ2) is 8.56. The Hall–Kier alpha value is -2.75. The molecule has 0 aromatic heterocycles. The fraction of sp³-hybridized carbons (Fsp3) is 0.318. The summed E-state index contributed by atoms with van der Waals surface area (Å²) in [6.45, 7) is 8.26. The lowest BCUT2D eigenvalue weighted by atomic mass is 9.96. The molecule has 2 aromatic carbocycles. The van der Waals surface area contributed by atoms with Gasteiger partial charge in [-0.1, -0.05) is 18.2 Å². The van der Waals surface area contributed by atoms with E-state index in [-0.39, 0.29) is 11.9 Å². The Labute approximate surface area is 155 Å². The summed E-state index contributed by atoms with van der Waals surface area (Å²) < 4.78 is 10.5. The van der Waals surface area contributed by atoms with Crippen LogP contribution >= 0.6 is 0 Å². The molecule has 4 heteroatoms. The first kappa shape index (κ1) is 19.6. The Morgan fingerprint density at radius 2 is 1.62 bits per heavy atom. The van der Waals surface area contributed by atoms with Crippen LogP contribution in [-0.4, -0.2) is 20.1 Å². The number of carbonyl (C=O) groups excluding carboxylic acids is 1. The third-order valence-corrected chi connectivity index (χ3v) is 4.54. The van der Waals surface area contributed by atoms with Gasteiger partial charge < -0.3 is 14.8 Å². The molecule has 4 nitrogen and oxygen atoms in total. The average Bonchev–Trinajstić information content (AvgIpc) is 2.62. The number of hydrogen-bond acceptors (Lipinski definition) is 3. The van der Waals surface area contributed by atoms with Gasteiger partial charge in [0.25, 0.3) is 0 Å². The first-order valence-electron chi connectivity index (χ1n) is 8.64. The molecule has 0 saturated heterocycles. The van der Waals surface area contributed by atoms with Gasteiger partial charge >= 0.3 is 0 Å². The zero-order valence-electron chi connectivity index (χ0n) is 16.3. The molecule has 138 valence electrons. The van der Waals surface area contributed by atoms with Crippen LogP contribution in [0.15, 0.2) is 36.4 Å². The van der Waals surface area contributed by atoms with Crippen molar-refractivity contribution in [2.24, 2.45) is 0 Å². The highest BCUT2D eigenvalue weighted by Crippen LogP contribution is 2.28. The molecule has 0 aliphatic heterocycles. The van der Waals surface area contributed by atoms with E-state index in [1.807, 2.05) is 25.1 Å². The monoisotopic (exact) mass is 353 g/mol. The van der Waals surface area contributed by atoms with Crippen LogP contribution < -0.4 is 14.8 Å². The fourth-order valence-corrected chi connectivity index (χ4v) is 2.92. The van der Waals surface area contributed by atoms with Crippen LogP contribution in [0.5, 0.6) is 11.5 Å². The molecule has 0 aliphatic rings. The molecule has 0 heterocycles.